The molecule has 0 saturated heterocycles. The summed E-state index contributed by atoms with van der Waals surface area (Å²) >= 11 is 0. The zero-order chi connectivity index (χ0) is 27.8. The molecule has 0 spiro atoms. The van der Waals surface area contributed by atoms with Gasteiger partial charge in [0.25, 0.3) is 12.0 Å². The highest BCUT2D eigenvalue weighted by atomic mass is 19.4. The van der Waals surface area contributed by atoms with Crippen molar-refractivity contribution in [2.24, 2.45) is 7.05 Å². The molecule has 38 heavy (non-hydrogen) atoms. The lowest BCUT2D eigenvalue weighted by molar-refractivity contribution is -0.207. The summed E-state index contributed by atoms with van der Waals surface area (Å²) in [7, 11) is 2.81. The van der Waals surface area contributed by atoms with Gasteiger partial charge in [-0.15, -0.1) is 0 Å². The number of imidazole rings is 1. The molecule has 2 aromatic carbocycles. The summed E-state index contributed by atoms with van der Waals surface area (Å²) in [5.41, 5.74) is -1.65. The van der Waals surface area contributed by atoms with Crippen LogP contribution in [0.4, 0.5) is 22.0 Å². The average molecular weight is 540 g/mol. The van der Waals surface area contributed by atoms with E-state index in [9.17, 15) is 36.6 Å². The Bertz CT molecular complexity index is 1570. The van der Waals surface area contributed by atoms with Gasteiger partial charge in [-0.05, 0) is 23.8 Å². The van der Waals surface area contributed by atoms with E-state index in [1.807, 2.05) is 4.98 Å². The number of rotatable bonds is 8. The minimum Gasteiger partial charge on any atom is -0.493 e. The van der Waals surface area contributed by atoms with E-state index in [4.69, 9.17) is 9.47 Å². The van der Waals surface area contributed by atoms with E-state index in [1.165, 1.54) is 55.1 Å². The number of hydrogen-bond donors (Lipinski definition) is 2. The normalized spacial score (nSPS) is 12.8. The maximum Gasteiger partial charge on any atom is 0.416 e. The molecule has 0 aliphatic heterocycles. The molecule has 2 aromatic heterocycles. The highest BCUT2D eigenvalue weighted by Gasteiger charge is 2.39. The molecule has 0 bridgehead atoms. The van der Waals surface area contributed by atoms with Crippen LogP contribution >= 0.6 is 0 Å². The molecule has 2 heterocycles. The third-order valence-electron chi connectivity index (χ3n) is 5.79. The van der Waals surface area contributed by atoms with Crippen LogP contribution in [0, 0.1) is 0 Å². The number of aromatic nitrogens is 4. The van der Waals surface area contributed by atoms with Gasteiger partial charge >= 0.3 is 11.9 Å². The monoisotopic (exact) mass is 540 g/mol. The van der Waals surface area contributed by atoms with Crippen molar-refractivity contribution in [3.8, 4) is 22.9 Å². The van der Waals surface area contributed by atoms with E-state index < -0.39 is 36.5 Å². The minimum absolute atomic E-state index is 0.0503. The fourth-order valence-corrected chi connectivity index (χ4v) is 3.80. The molecule has 14 heteroatoms. The summed E-state index contributed by atoms with van der Waals surface area (Å²) < 4.78 is 77.2. The maximum atomic E-state index is 12.9. The van der Waals surface area contributed by atoms with E-state index in [0.717, 1.165) is 0 Å². The third kappa shape index (κ3) is 5.25. The summed E-state index contributed by atoms with van der Waals surface area (Å²) in [5, 5.41) is 9.48. The van der Waals surface area contributed by atoms with Crippen LogP contribution in [0.15, 0.2) is 52.1 Å². The summed E-state index contributed by atoms with van der Waals surface area (Å²) in [6.45, 7) is -1.12. The number of nitrogens with zero attached hydrogens (tertiary/aromatic N) is 3. The lowest BCUT2D eigenvalue weighted by Crippen LogP contribution is -2.39. The zero-order valence-corrected chi connectivity index (χ0v) is 19.9. The van der Waals surface area contributed by atoms with Gasteiger partial charge < -0.3 is 19.1 Å². The predicted molar refractivity (Wildman–Crippen MR) is 125 cm³/mol. The van der Waals surface area contributed by atoms with Crippen LogP contribution in [-0.2, 0) is 20.2 Å². The molecule has 0 amide bonds. The van der Waals surface area contributed by atoms with Gasteiger partial charge in [-0.1, -0.05) is 24.3 Å². The van der Waals surface area contributed by atoms with Crippen LogP contribution in [0.3, 0.4) is 0 Å². The van der Waals surface area contributed by atoms with Crippen molar-refractivity contribution in [2.45, 2.75) is 31.9 Å². The van der Waals surface area contributed by atoms with Gasteiger partial charge in [0, 0.05) is 18.2 Å². The Kier molecular flexibility index (Phi) is 7.26. The fourth-order valence-electron chi connectivity index (χ4n) is 3.80. The van der Waals surface area contributed by atoms with Gasteiger partial charge in [-0.25, -0.2) is 18.6 Å². The Morgan fingerprint density at radius 3 is 2.37 bits per heavy atom. The van der Waals surface area contributed by atoms with E-state index >= 15 is 0 Å². The molecule has 0 saturated carbocycles. The van der Waals surface area contributed by atoms with Gasteiger partial charge in [0.15, 0.2) is 28.8 Å². The highest BCUT2D eigenvalue weighted by Crippen LogP contribution is 2.33. The number of alkyl halides is 5. The van der Waals surface area contributed by atoms with Crippen molar-refractivity contribution in [3.05, 3.63) is 74.4 Å². The van der Waals surface area contributed by atoms with Gasteiger partial charge in [0.2, 0.25) is 0 Å². The molecular weight excluding hydrogens is 519 g/mol. The molecule has 9 nitrogen and oxygen atoms in total. The summed E-state index contributed by atoms with van der Waals surface area (Å²) in [6, 6.07) is 10.2. The Balaban J connectivity index is 1.68. The van der Waals surface area contributed by atoms with Gasteiger partial charge in [-0.2, -0.15) is 13.2 Å². The summed E-state index contributed by atoms with van der Waals surface area (Å²) in [4.78, 5) is 30.9. The first-order chi connectivity index (χ1) is 17.9. The van der Waals surface area contributed by atoms with E-state index in [0.29, 0.717) is 21.4 Å². The second-order valence-electron chi connectivity index (χ2n) is 8.29. The first kappa shape index (κ1) is 26.9. The molecule has 1 unspecified atom stereocenters. The van der Waals surface area contributed by atoms with Gasteiger partial charge in [0.1, 0.15) is 12.4 Å². The number of halogens is 5. The Morgan fingerprint density at radius 2 is 1.76 bits per heavy atom. The summed E-state index contributed by atoms with van der Waals surface area (Å²) in [6.07, 6.45) is -10.4. The SMILES string of the molecule is COc1cc(-c2nc3c(c(=O)[nH]c(=O)n3CC(O)C(F)(F)F)n2C)ccc1OCc1ccc(C(F)F)cc1. The van der Waals surface area contributed by atoms with Gasteiger partial charge in [-0.3, -0.25) is 14.3 Å². The summed E-state index contributed by atoms with van der Waals surface area (Å²) in [5.74, 6) is 0.673. The minimum atomic E-state index is -4.99. The lowest BCUT2D eigenvalue weighted by atomic mass is 10.1. The van der Waals surface area contributed by atoms with Crippen LogP contribution in [0.1, 0.15) is 17.6 Å². The smallest absolute Gasteiger partial charge is 0.416 e. The lowest BCUT2D eigenvalue weighted by Gasteiger charge is -2.15. The number of methoxy groups -OCH3 is 1. The molecule has 2 N–H and O–H groups in total. The van der Waals surface area contributed by atoms with Crippen LogP contribution in [0.5, 0.6) is 11.5 Å². The number of aliphatic hydroxyl groups excluding tert-OH is 1. The standard InChI is InChI=1S/C24H21F5N4O5/c1-32-18-21(33(23(36)31-22(18)35)10-17(34)24(27,28)29)30-20(32)14-7-8-15(16(9-14)37-2)38-11-12-3-5-13(6-4-12)19(25)26/h3-9,17,19,34H,10-11H2,1-2H3,(H,31,35,36). The van der Waals surface area contributed by atoms with Crippen molar-refractivity contribution < 1.29 is 36.5 Å². The molecular formula is C24H21F5N4O5. The maximum absolute atomic E-state index is 12.9. The highest BCUT2D eigenvalue weighted by molar-refractivity contribution is 5.77. The number of benzene rings is 2. The Hall–Kier alpha value is -4.20. The number of nitrogens with one attached hydrogen (secondary N) is 1. The number of hydrogen-bond acceptors (Lipinski definition) is 6. The number of aromatic amines is 1. The van der Waals surface area contributed by atoms with Crippen molar-refractivity contribution in [2.75, 3.05) is 7.11 Å². The number of aliphatic hydroxyl groups is 1. The topological polar surface area (TPSA) is 111 Å². The van der Waals surface area contributed by atoms with E-state index in [1.54, 1.807) is 6.07 Å². The number of aryl methyl sites for hydroxylation is 1. The second-order valence-corrected chi connectivity index (χ2v) is 8.29. The van der Waals surface area contributed by atoms with Crippen molar-refractivity contribution in [1.82, 2.24) is 19.1 Å². The molecule has 4 aromatic rings. The number of ether oxygens (including phenoxy) is 2. The predicted octanol–water partition coefficient (Wildman–Crippen LogP) is 3.54. The molecule has 202 valence electrons. The second kappa shape index (κ2) is 10.3. The van der Waals surface area contributed by atoms with Crippen molar-refractivity contribution in [1.29, 1.82) is 0 Å². The van der Waals surface area contributed by atoms with Crippen LogP contribution < -0.4 is 20.7 Å². The van der Waals surface area contributed by atoms with Crippen LogP contribution in [-0.4, -0.2) is 43.6 Å². The Morgan fingerprint density at radius 1 is 1.08 bits per heavy atom. The van der Waals surface area contributed by atoms with E-state index in [-0.39, 0.29) is 34.9 Å². The van der Waals surface area contributed by atoms with Crippen LogP contribution in [0.2, 0.25) is 0 Å². The quantitative estimate of drug-likeness (QED) is 0.331. The number of fused-ring (bicyclic) bond motifs is 1. The largest absolute Gasteiger partial charge is 0.493 e. The average Bonchev–Trinajstić information content (AvgIpc) is 3.22. The molecule has 0 aliphatic rings. The van der Waals surface area contributed by atoms with Gasteiger partial charge in [0.05, 0.1) is 13.7 Å². The molecule has 1 atom stereocenters. The van der Waals surface area contributed by atoms with Crippen molar-refractivity contribution >= 4 is 11.2 Å². The zero-order valence-electron chi connectivity index (χ0n) is 19.9. The number of H-pyrrole nitrogens is 1. The molecule has 0 aliphatic carbocycles. The van der Waals surface area contributed by atoms with Crippen molar-refractivity contribution in [3.63, 3.8) is 0 Å². The molecule has 0 fully saturated rings. The first-order valence-electron chi connectivity index (χ1n) is 11.0. The molecule has 0 radical (unpaired) electrons. The molecule has 4 rings (SSSR count). The third-order valence-corrected chi connectivity index (χ3v) is 5.79. The fraction of sp³-hybridized carbons (Fsp3) is 0.292. The first-order valence-corrected chi connectivity index (χ1v) is 11.0. The Labute approximate surface area is 210 Å². The van der Waals surface area contributed by atoms with Crippen LogP contribution in [0.25, 0.3) is 22.6 Å². The van der Waals surface area contributed by atoms with E-state index in [2.05, 4.69) is 4.98 Å².